The molecule has 1 aromatic carbocycles. The Hall–Kier alpha value is -0.440. The second kappa shape index (κ2) is 4.29. The molecule has 0 saturated heterocycles. The number of aromatic nitrogens is 2. The third kappa shape index (κ3) is 2.11. The van der Waals surface area contributed by atoms with Crippen molar-refractivity contribution in [1.82, 2.24) is 9.55 Å². The van der Waals surface area contributed by atoms with Gasteiger partial charge in [0.1, 0.15) is 5.82 Å². The average molecular weight is 304 g/mol. The van der Waals surface area contributed by atoms with Crippen LogP contribution in [0.4, 0.5) is 0 Å². The summed E-state index contributed by atoms with van der Waals surface area (Å²) in [5.74, 6) is 1.29. The zero-order chi connectivity index (χ0) is 12.9. The molecule has 0 aliphatic heterocycles. The zero-order valence-corrected chi connectivity index (χ0v) is 12.3. The number of hydrogen-bond acceptors (Lipinski definition) is 1. The smallest absolute Gasteiger partial charge is 0.124 e. The molecular weight excluding hydrogens is 291 g/mol. The summed E-state index contributed by atoms with van der Waals surface area (Å²) in [5, 5.41) is 1.10. The number of hydrogen-bond donors (Lipinski definition) is 0. The molecule has 1 aliphatic rings. The van der Waals surface area contributed by atoms with Gasteiger partial charge in [0, 0.05) is 6.54 Å². The summed E-state index contributed by atoms with van der Waals surface area (Å²) in [6.07, 6.45) is 2.52. The maximum absolute atomic E-state index is 6.09. The van der Waals surface area contributed by atoms with E-state index >= 15 is 0 Å². The highest BCUT2D eigenvalue weighted by Gasteiger charge is 2.38. The Balaban J connectivity index is 2.17. The maximum atomic E-state index is 6.09. The van der Waals surface area contributed by atoms with E-state index in [0.29, 0.717) is 21.3 Å². The van der Waals surface area contributed by atoms with Crippen molar-refractivity contribution >= 4 is 45.8 Å². The van der Waals surface area contributed by atoms with E-state index in [2.05, 4.69) is 16.5 Å². The highest BCUT2D eigenvalue weighted by atomic mass is 35.5. The molecule has 1 aliphatic carbocycles. The molecule has 3 rings (SSSR count). The van der Waals surface area contributed by atoms with Crippen LogP contribution in [0.15, 0.2) is 12.1 Å². The van der Waals surface area contributed by atoms with Crippen LogP contribution < -0.4 is 0 Å². The monoisotopic (exact) mass is 302 g/mol. The third-order valence-corrected chi connectivity index (χ3v) is 4.59. The fraction of sp³-hybridized carbons (Fsp3) is 0.462. The summed E-state index contributed by atoms with van der Waals surface area (Å²) in [6.45, 7) is 3.23. The minimum absolute atomic E-state index is 0.389. The Morgan fingerprint density at radius 1 is 1.28 bits per heavy atom. The molecule has 96 valence electrons. The molecule has 1 saturated carbocycles. The van der Waals surface area contributed by atoms with Gasteiger partial charge in [0.2, 0.25) is 0 Å². The van der Waals surface area contributed by atoms with Gasteiger partial charge in [-0.15, -0.1) is 11.6 Å². The van der Waals surface area contributed by atoms with Gasteiger partial charge in [-0.2, -0.15) is 0 Å². The molecule has 0 amide bonds. The van der Waals surface area contributed by atoms with Crippen LogP contribution in [0.2, 0.25) is 10.0 Å². The summed E-state index contributed by atoms with van der Waals surface area (Å²) in [5.41, 5.74) is 2.28. The number of alkyl halides is 1. The normalized spacial score (nSPS) is 17.3. The second-order valence-electron chi connectivity index (χ2n) is 5.31. The molecule has 0 radical (unpaired) electrons. The Labute approximate surface area is 121 Å². The van der Waals surface area contributed by atoms with Crippen molar-refractivity contribution in [1.29, 1.82) is 0 Å². The highest BCUT2D eigenvalue weighted by molar-refractivity contribution is 6.42. The van der Waals surface area contributed by atoms with Crippen LogP contribution in [0.5, 0.6) is 0 Å². The van der Waals surface area contributed by atoms with Gasteiger partial charge in [0.15, 0.2) is 0 Å². The van der Waals surface area contributed by atoms with Gasteiger partial charge in [-0.25, -0.2) is 4.98 Å². The van der Waals surface area contributed by atoms with Crippen molar-refractivity contribution in [3.05, 3.63) is 28.0 Å². The first-order valence-corrected chi connectivity index (χ1v) is 7.22. The van der Waals surface area contributed by atoms with E-state index in [1.807, 2.05) is 6.07 Å². The van der Waals surface area contributed by atoms with Gasteiger partial charge in [-0.05, 0) is 30.4 Å². The van der Waals surface area contributed by atoms with Crippen molar-refractivity contribution in [2.45, 2.75) is 32.2 Å². The fourth-order valence-corrected chi connectivity index (χ4v) is 2.72. The van der Waals surface area contributed by atoms with Gasteiger partial charge < -0.3 is 4.57 Å². The van der Waals surface area contributed by atoms with Crippen molar-refractivity contribution in [2.24, 2.45) is 5.41 Å². The van der Waals surface area contributed by atoms with Crippen LogP contribution in [-0.2, 0) is 12.4 Å². The first kappa shape index (κ1) is 12.6. The molecule has 0 atom stereocenters. The highest BCUT2D eigenvalue weighted by Crippen LogP contribution is 2.47. The van der Waals surface area contributed by atoms with E-state index < -0.39 is 0 Å². The second-order valence-corrected chi connectivity index (χ2v) is 6.40. The molecule has 0 unspecified atom stereocenters. The van der Waals surface area contributed by atoms with E-state index in [0.717, 1.165) is 23.4 Å². The summed E-state index contributed by atoms with van der Waals surface area (Å²) in [6, 6.07) is 3.69. The third-order valence-electron chi connectivity index (χ3n) is 3.63. The predicted octanol–water partition coefficient (Wildman–Crippen LogP) is 4.88. The van der Waals surface area contributed by atoms with Crippen LogP contribution >= 0.6 is 34.8 Å². The largest absolute Gasteiger partial charge is 0.326 e. The van der Waals surface area contributed by atoms with Crippen molar-refractivity contribution in [3.8, 4) is 0 Å². The lowest BCUT2D eigenvalue weighted by molar-refractivity contribution is 0.465. The molecular formula is C13H13Cl3N2. The quantitative estimate of drug-likeness (QED) is 0.739. The van der Waals surface area contributed by atoms with Crippen LogP contribution in [0.3, 0.4) is 0 Å². The SMILES string of the molecule is CC1(Cn2c(CCl)nc3cc(Cl)c(Cl)cc32)CC1. The molecule has 18 heavy (non-hydrogen) atoms. The number of rotatable bonds is 3. The molecule has 1 heterocycles. The van der Waals surface area contributed by atoms with E-state index in [-0.39, 0.29) is 0 Å². The van der Waals surface area contributed by atoms with E-state index in [1.165, 1.54) is 12.8 Å². The summed E-state index contributed by atoms with van der Waals surface area (Å²) >= 11 is 18.1. The molecule has 0 N–H and O–H groups in total. The van der Waals surface area contributed by atoms with Gasteiger partial charge in [-0.3, -0.25) is 0 Å². The number of fused-ring (bicyclic) bond motifs is 1. The molecule has 0 bridgehead atoms. The van der Waals surface area contributed by atoms with Crippen molar-refractivity contribution in [3.63, 3.8) is 0 Å². The molecule has 1 fully saturated rings. The predicted molar refractivity (Wildman–Crippen MR) is 76.7 cm³/mol. The average Bonchev–Trinajstić information content (AvgIpc) is 2.97. The van der Waals surface area contributed by atoms with Gasteiger partial charge in [-0.1, -0.05) is 30.1 Å². The van der Waals surface area contributed by atoms with Gasteiger partial charge in [0.05, 0.1) is 27.0 Å². The van der Waals surface area contributed by atoms with Gasteiger partial charge >= 0.3 is 0 Å². The van der Waals surface area contributed by atoms with Crippen molar-refractivity contribution < 1.29 is 0 Å². The summed E-state index contributed by atoms with van der Waals surface area (Å²) in [7, 11) is 0. The molecule has 2 nitrogen and oxygen atoms in total. The van der Waals surface area contributed by atoms with E-state index in [4.69, 9.17) is 34.8 Å². The lowest BCUT2D eigenvalue weighted by Crippen LogP contribution is -2.10. The van der Waals surface area contributed by atoms with Gasteiger partial charge in [0.25, 0.3) is 0 Å². The Morgan fingerprint density at radius 3 is 2.56 bits per heavy atom. The number of imidazole rings is 1. The van der Waals surface area contributed by atoms with Crippen LogP contribution in [0, 0.1) is 5.41 Å². The Kier molecular flexibility index (Phi) is 3.00. The topological polar surface area (TPSA) is 17.8 Å². The van der Waals surface area contributed by atoms with E-state index in [9.17, 15) is 0 Å². The minimum atomic E-state index is 0.389. The standard InChI is InChI=1S/C13H13Cl3N2/c1-13(2-3-13)7-18-11-5-9(16)8(15)4-10(11)17-12(18)6-14/h4-5H,2-3,6-7H2,1H3. The first-order chi connectivity index (χ1) is 8.52. The number of halogens is 3. The van der Waals surface area contributed by atoms with Crippen molar-refractivity contribution in [2.75, 3.05) is 0 Å². The number of nitrogens with zero attached hydrogens (tertiary/aromatic N) is 2. The van der Waals surface area contributed by atoms with E-state index in [1.54, 1.807) is 6.07 Å². The fourth-order valence-electron chi connectivity index (χ4n) is 2.20. The maximum Gasteiger partial charge on any atom is 0.124 e. The van der Waals surface area contributed by atoms with Crippen LogP contribution in [0.25, 0.3) is 11.0 Å². The minimum Gasteiger partial charge on any atom is -0.326 e. The lowest BCUT2D eigenvalue weighted by atomic mass is 10.1. The first-order valence-electron chi connectivity index (χ1n) is 5.92. The number of benzene rings is 1. The molecule has 0 spiro atoms. The Morgan fingerprint density at radius 2 is 1.94 bits per heavy atom. The van der Waals surface area contributed by atoms with Crippen LogP contribution in [-0.4, -0.2) is 9.55 Å². The molecule has 1 aromatic heterocycles. The summed E-state index contributed by atoms with van der Waals surface area (Å²) < 4.78 is 2.18. The molecule has 2 aromatic rings. The lowest BCUT2D eigenvalue weighted by Gasteiger charge is -2.13. The van der Waals surface area contributed by atoms with Crippen LogP contribution in [0.1, 0.15) is 25.6 Å². The molecule has 5 heteroatoms. The Bertz CT molecular complexity index is 614. The summed E-state index contributed by atoms with van der Waals surface area (Å²) in [4.78, 5) is 4.53. The zero-order valence-electron chi connectivity index (χ0n) is 10.0.